The number of carbonyl (C=O) groups excluding carboxylic acids is 1. The minimum atomic E-state index is -0.287. The van der Waals surface area contributed by atoms with E-state index in [0.717, 1.165) is 5.69 Å². The number of aromatic nitrogens is 4. The Morgan fingerprint density at radius 3 is 2.91 bits per heavy atom. The molecule has 1 amide bonds. The second-order valence-electron chi connectivity index (χ2n) is 5.15. The molecule has 3 aromatic rings. The summed E-state index contributed by atoms with van der Waals surface area (Å²) in [4.78, 5) is 20.3. The first kappa shape index (κ1) is 14.0. The topological polar surface area (TPSA) is 84.2 Å². The maximum absolute atomic E-state index is 12.1. The number of amides is 1. The van der Waals surface area contributed by atoms with Crippen LogP contribution in [0.25, 0.3) is 5.65 Å². The lowest BCUT2D eigenvalue weighted by Crippen LogP contribution is -2.13. The van der Waals surface area contributed by atoms with E-state index >= 15 is 0 Å². The van der Waals surface area contributed by atoms with E-state index in [0.29, 0.717) is 17.3 Å². The van der Waals surface area contributed by atoms with Crippen molar-refractivity contribution in [2.45, 2.75) is 19.9 Å². The number of hydrogen-bond donors (Lipinski definition) is 2. The average Bonchev–Trinajstić information content (AvgIpc) is 2.89. The number of carbonyl (C=O) groups is 1. The molecular weight excluding hydrogens is 280 g/mol. The van der Waals surface area contributed by atoms with Crippen molar-refractivity contribution in [2.24, 2.45) is 0 Å². The van der Waals surface area contributed by atoms with Gasteiger partial charge in [-0.25, -0.2) is 4.52 Å². The molecule has 7 nitrogen and oxygen atoms in total. The number of rotatable bonds is 4. The molecule has 0 aliphatic rings. The first-order chi connectivity index (χ1) is 10.6. The van der Waals surface area contributed by atoms with Gasteiger partial charge < -0.3 is 5.32 Å². The molecule has 7 heteroatoms. The molecule has 3 rings (SSSR count). The van der Waals surface area contributed by atoms with Crippen LogP contribution in [0.3, 0.4) is 0 Å². The molecule has 0 aliphatic carbocycles. The van der Waals surface area contributed by atoms with Crippen molar-refractivity contribution in [1.29, 1.82) is 0 Å². The van der Waals surface area contributed by atoms with Crippen molar-refractivity contribution in [3.8, 4) is 0 Å². The van der Waals surface area contributed by atoms with E-state index in [1.807, 2.05) is 12.1 Å². The summed E-state index contributed by atoms with van der Waals surface area (Å²) in [5, 5.41) is 10.2. The van der Waals surface area contributed by atoms with Gasteiger partial charge in [-0.2, -0.15) is 4.98 Å². The normalized spacial score (nSPS) is 10.9. The van der Waals surface area contributed by atoms with Crippen LogP contribution < -0.4 is 10.6 Å². The molecule has 0 aliphatic heterocycles. The number of pyridine rings is 2. The van der Waals surface area contributed by atoms with Crippen LogP contribution in [0.2, 0.25) is 0 Å². The van der Waals surface area contributed by atoms with Gasteiger partial charge in [0.2, 0.25) is 5.95 Å². The van der Waals surface area contributed by atoms with Crippen LogP contribution in [0.15, 0.2) is 42.9 Å². The SMILES string of the molecule is CC(C)Nc1ccn2nc(NC(=O)c3cccnc3)nc2c1. The van der Waals surface area contributed by atoms with Gasteiger partial charge in [0.1, 0.15) is 0 Å². The Morgan fingerprint density at radius 2 is 2.18 bits per heavy atom. The molecule has 0 saturated heterocycles. The van der Waals surface area contributed by atoms with Crippen LogP contribution in [0.5, 0.6) is 0 Å². The lowest BCUT2D eigenvalue weighted by molar-refractivity contribution is 0.102. The van der Waals surface area contributed by atoms with Gasteiger partial charge in [-0.1, -0.05) is 0 Å². The van der Waals surface area contributed by atoms with Gasteiger partial charge in [0, 0.05) is 36.4 Å². The van der Waals surface area contributed by atoms with Crippen molar-refractivity contribution < 1.29 is 4.79 Å². The first-order valence-corrected chi connectivity index (χ1v) is 6.96. The molecule has 0 spiro atoms. The molecule has 0 bridgehead atoms. The quantitative estimate of drug-likeness (QED) is 0.771. The highest BCUT2D eigenvalue weighted by Crippen LogP contribution is 2.13. The smallest absolute Gasteiger partial charge is 0.259 e. The summed E-state index contributed by atoms with van der Waals surface area (Å²) in [6.07, 6.45) is 4.91. The molecule has 3 heterocycles. The van der Waals surface area contributed by atoms with Gasteiger partial charge in [0.15, 0.2) is 5.65 Å². The van der Waals surface area contributed by atoms with Crippen molar-refractivity contribution >= 4 is 23.2 Å². The van der Waals surface area contributed by atoms with Crippen molar-refractivity contribution in [1.82, 2.24) is 19.6 Å². The monoisotopic (exact) mass is 296 g/mol. The lowest BCUT2D eigenvalue weighted by atomic mass is 10.3. The third-order valence-corrected chi connectivity index (χ3v) is 2.94. The Kier molecular flexibility index (Phi) is 3.69. The Labute approximate surface area is 127 Å². The molecule has 0 fully saturated rings. The number of anilines is 2. The van der Waals surface area contributed by atoms with Crippen LogP contribution in [0.4, 0.5) is 11.6 Å². The minimum Gasteiger partial charge on any atom is -0.383 e. The fraction of sp³-hybridized carbons (Fsp3) is 0.200. The number of hydrogen-bond acceptors (Lipinski definition) is 5. The summed E-state index contributed by atoms with van der Waals surface area (Å²) < 4.78 is 1.62. The molecule has 3 aromatic heterocycles. The molecule has 22 heavy (non-hydrogen) atoms. The maximum atomic E-state index is 12.1. The zero-order valence-electron chi connectivity index (χ0n) is 12.3. The van der Waals surface area contributed by atoms with E-state index in [-0.39, 0.29) is 11.9 Å². The van der Waals surface area contributed by atoms with Gasteiger partial charge in [-0.3, -0.25) is 15.1 Å². The lowest BCUT2D eigenvalue weighted by Gasteiger charge is -2.08. The van der Waals surface area contributed by atoms with E-state index in [2.05, 4.69) is 39.5 Å². The predicted octanol–water partition coefficient (Wildman–Crippen LogP) is 2.20. The van der Waals surface area contributed by atoms with E-state index < -0.39 is 0 Å². The first-order valence-electron chi connectivity index (χ1n) is 6.96. The number of nitrogens with zero attached hydrogens (tertiary/aromatic N) is 4. The summed E-state index contributed by atoms with van der Waals surface area (Å²) in [6, 6.07) is 7.51. The standard InChI is InChI=1S/C15H16N6O/c1-10(2)17-12-5-7-21-13(8-12)18-15(20-21)19-14(22)11-4-3-6-16-9-11/h3-10,17H,1-2H3,(H,19,20,22). The summed E-state index contributed by atoms with van der Waals surface area (Å²) in [5.41, 5.74) is 2.08. The van der Waals surface area contributed by atoms with E-state index in [1.165, 1.54) is 6.20 Å². The number of nitrogens with one attached hydrogen (secondary N) is 2. The van der Waals surface area contributed by atoms with Crippen molar-refractivity contribution in [3.05, 3.63) is 48.4 Å². The predicted molar refractivity (Wildman–Crippen MR) is 83.9 cm³/mol. The van der Waals surface area contributed by atoms with Crippen LogP contribution >= 0.6 is 0 Å². The molecule has 0 aromatic carbocycles. The van der Waals surface area contributed by atoms with E-state index in [4.69, 9.17) is 0 Å². The van der Waals surface area contributed by atoms with Crippen LogP contribution in [0.1, 0.15) is 24.2 Å². The highest BCUT2D eigenvalue weighted by atomic mass is 16.1. The Hall–Kier alpha value is -2.96. The molecule has 0 radical (unpaired) electrons. The van der Waals surface area contributed by atoms with Crippen LogP contribution in [-0.4, -0.2) is 31.5 Å². The fourth-order valence-electron chi connectivity index (χ4n) is 2.03. The Balaban J connectivity index is 1.81. The summed E-state index contributed by atoms with van der Waals surface area (Å²) in [6.45, 7) is 4.13. The summed E-state index contributed by atoms with van der Waals surface area (Å²) >= 11 is 0. The van der Waals surface area contributed by atoms with Gasteiger partial charge in [0.05, 0.1) is 5.56 Å². The Bertz CT molecular complexity index is 796. The average molecular weight is 296 g/mol. The Morgan fingerprint density at radius 1 is 1.32 bits per heavy atom. The largest absolute Gasteiger partial charge is 0.383 e. The molecule has 0 atom stereocenters. The second kappa shape index (κ2) is 5.80. The minimum absolute atomic E-state index is 0.260. The highest BCUT2D eigenvalue weighted by Gasteiger charge is 2.10. The maximum Gasteiger partial charge on any atom is 0.259 e. The number of fused-ring (bicyclic) bond motifs is 1. The van der Waals surface area contributed by atoms with Gasteiger partial charge in [-0.05, 0) is 32.0 Å². The van der Waals surface area contributed by atoms with Gasteiger partial charge in [-0.15, -0.1) is 5.10 Å². The van der Waals surface area contributed by atoms with Crippen molar-refractivity contribution in [2.75, 3.05) is 10.6 Å². The summed E-state index contributed by atoms with van der Waals surface area (Å²) in [5.74, 6) is -0.0277. The molecule has 2 N–H and O–H groups in total. The molecule has 0 saturated carbocycles. The molecule has 112 valence electrons. The van der Waals surface area contributed by atoms with Crippen LogP contribution in [0, 0.1) is 0 Å². The van der Waals surface area contributed by atoms with Crippen molar-refractivity contribution in [3.63, 3.8) is 0 Å². The van der Waals surface area contributed by atoms with Crippen LogP contribution in [-0.2, 0) is 0 Å². The highest BCUT2D eigenvalue weighted by molar-refractivity contribution is 6.03. The summed E-state index contributed by atoms with van der Waals surface area (Å²) in [7, 11) is 0. The van der Waals surface area contributed by atoms with E-state index in [1.54, 1.807) is 29.0 Å². The van der Waals surface area contributed by atoms with E-state index in [9.17, 15) is 4.79 Å². The fourth-order valence-corrected chi connectivity index (χ4v) is 2.03. The molecular formula is C15H16N6O. The van der Waals surface area contributed by atoms with Gasteiger partial charge in [0.25, 0.3) is 5.91 Å². The third-order valence-electron chi connectivity index (χ3n) is 2.94. The third kappa shape index (κ3) is 3.03. The van der Waals surface area contributed by atoms with Gasteiger partial charge >= 0.3 is 0 Å². The molecule has 0 unspecified atom stereocenters. The zero-order valence-corrected chi connectivity index (χ0v) is 12.3. The zero-order chi connectivity index (χ0) is 15.5. The second-order valence-corrected chi connectivity index (χ2v) is 5.15.